The number of hydrogen-bond acceptors (Lipinski definition) is 2. The highest BCUT2D eigenvalue weighted by Crippen LogP contribution is 2.37. The molecule has 0 radical (unpaired) electrons. The fraction of sp³-hybridized carbons (Fsp3) is 0.875. The highest BCUT2D eigenvalue weighted by molar-refractivity contribution is 5.80. The number of carbonyl (C=O) groups is 1. The molecule has 140 valence electrons. The maximum atomic E-state index is 12.7. The van der Waals surface area contributed by atoms with Crippen LogP contribution in [0.2, 0.25) is 0 Å². The van der Waals surface area contributed by atoms with Crippen LogP contribution in [0.3, 0.4) is 0 Å². The number of amides is 1. The Kier molecular flexibility index (Phi) is 8.35. The molecular formula is C16H29F3N4O. The van der Waals surface area contributed by atoms with E-state index in [1.807, 2.05) is 20.8 Å². The van der Waals surface area contributed by atoms with Crippen LogP contribution in [-0.2, 0) is 4.79 Å². The van der Waals surface area contributed by atoms with Gasteiger partial charge in [0.05, 0.1) is 12.5 Å². The molecule has 0 aromatic carbocycles. The molecule has 8 heteroatoms. The summed E-state index contributed by atoms with van der Waals surface area (Å²) in [6.45, 7) is 7.10. The highest BCUT2D eigenvalue weighted by atomic mass is 19.4. The molecule has 0 atom stereocenters. The number of nitrogens with one attached hydrogen (secondary N) is 3. The molecule has 0 aromatic heterocycles. The maximum Gasteiger partial charge on any atom is 0.391 e. The summed E-state index contributed by atoms with van der Waals surface area (Å²) in [5.74, 6) is -0.675. The largest absolute Gasteiger partial charge is 0.391 e. The molecule has 1 aliphatic carbocycles. The Morgan fingerprint density at radius 3 is 2.29 bits per heavy atom. The van der Waals surface area contributed by atoms with Gasteiger partial charge < -0.3 is 16.0 Å². The Labute approximate surface area is 141 Å². The summed E-state index contributed by atoms with van der Waals surface area (Å²) in [6, 6.07) is 0.00616. The lowest BCUT2D eigenvalue weighted by atomic mass is 9.85. The summed E-state index contributed by atoms with van der Waals surface area (Å²) in [6.07, 6.45) is -2.80. The molecule has 3 N–H and O–H groups in total. The number of hydrogen-bond donors (Lipinski definition) is 3. The van der Waals surface area contributed by atoms with Crippen molar-refractivity contribution in [2.45, 2.75) is 58.7 Å². The first-order valence-corrected chi connectivity index (χ1v) is 8.63. The van der Waals surface area contributed by atoms with E-state index in [9.17, 15) is 18.0 Å². The molecular weight excluding hydrogens is 321 g/mol. The van der Waals surface area contributed by atoms with E-state index < -0.39 is 12.1 Å². The molecule has 0 aromatic rings. The van der Waals surface area contributed by atoms with E-state index in [1.54, 1.807) is 0 Å². The topological polar surface area (TPSA) is 65.5 Å². The lowest BCUT2D eigenvalue weighted by molar-refractivity contribution is -0.182. The number of rotatable bonds is 6. The molecule has 0 saturated heterocycles. The van der Waals surface area contributed by atoms with Crippen LogP contribution >= 0.6 is 0 Å². The predicted octanol–water partition coefficient (Wildman–Crippen LogP) is 2.43. The van der Waals surface area contributed by atoms with Crippen LogP contribution in [0.15, 0.2) is 4.99 Å². The monoisotopic (exact) mass is 350 g/mol. The van der Waals surface area contributed by atoms with E-state index in [-0.39, 0.29) is 30.7 Å². The summed E-state index contributed by atoms with van der Waals surface area (Å²) in [4.78, 5) is 15.8. The highest BCUT2D eigenvalue weighted by Gasteiger charge is 2.41. The van der Waals surface area contributed by atoms with Crippen molar-refractivity contribution in [1.82, 2.24) is 16.0 Å². The molecule has 0 unspecified atom stereocenters. The summed E-state index contributed by atoms with van der Waals surface area (Å²) in [5, 5.41) is 9.06. The van der Waals surface area contributed by atoms with Gasteiger partial charge in [0.1, 0.15) is 0 Å². The zero-order valence-corrected chi connectivity index (χ0v) is 14.7. The number of alkyl halides is 3. The number of halogens is 3. The second kappa shape index (κ2) is 9.74. The quantitative estimate of drug-likeness (QED) is 0.392. The predicted molar refractivity (Wildman–Crippen MR) is 88.8 cm³/mol. The number of guanidine groups is 1. The Morgan fingerprint density at radius 1 is 1.17 bits per heavy atom. The summed E-state index contributed by atoms with van der Waals surface area (Å²) in [5.41, 5.74) is 0. The maximum absolute atomic E-state index is 12.7. The van der Waals surface area contributed by atoms with E-state index in [4.69, 9.17) is 0 Å². The second-order valence-electron chi connectivity index (χ2n) is 6.44. The van der Waals surface area contributed by atoms with Crippen molar-refractivity contribution in [2.24, 2.45) is 16.8 Å². The molecule has 1 saturated carbocycles. The van der Waals surface area contributed by atoms with Gasteiger partial charge in [-0.15, -0.1) is 0 Å². The van der Waals surface area contributed by atoms with Crippen molar-refractivity contribution in [3.63, 3.8) is 0 Å². The first kappa shape index (κ1) is 20.6. The van der Waals surface area contributed by atoms with Crippen molar-refractivity contribution in [3.8, 4) is 0 Å². The van der Waals surface area contributed by atoms with Crippen molar-refractivity contribution in [2.75, 3.05) is 19.6 Å². The molecule has 1 fully saturated rings. The van der Waals surface area contributed by atoms with E-state index in [2.05, 4.69) is 20.9 Å². The van der Waals surface area contributed by atoms with Crippen LogP contribution < -0.4 is 16.0 Å². The Morgan fingerprint density at radius 2 is 1.79 bits per heavy atom. The molecule has 1 rings (SSSR count). The van der Waals surface area contributed by atoms with Crippen LogP contribution in [-0.4, -0.2) is 43.7 Å². The Bertz CT molecular complexity index is 416. The summed E-state index contributed by atoms with van der Waals surface area (Å²) < 4.78 is 38.1. The van der Waals surface area contributed by atoms with Gasteiger partial charge in [0.2, 0.25) is 5.91 Å². The standard InChI is InChI=1S/C16H29F3N4O/c1-4-20-15(22-10-9-21-14(24)11(2)3)23-13-7-5-12(6-8-13)16(17,18)19/h11-13H,4-10H2,1-3H3,(H,21,24)(H2,20,22,23). The average Bonchev–Trinajstić information content (AvgIpc) is 2.51. The van der Waals surface area contributed by atoms with E-state index in [1.165, 1.54) is 0 Å². The fourth-order valence-corrected chi connectivity index (χ4v) is 2.63. The van der Waals surface area contributed by atoms with Crippen molar-refractivity contribution >= 4 is 11.9 Å². The van der Waals surface area contributed by atoms with Crippen LogP contribution in [0, 0.1) is 11.8 Å². The molecule has 0 spiro atoms. The van der Waals surface area contributed by atoms with Crippen LogP contribution in [0.1, 0.15) is 46.5 Å². The van der Waals surface area contributed by atoms with Crippen LogP contribution in [0.25, 0.3) is 0 Å². The molecule has 1 amide bonds. The minimum atomic E-state index is -4.09. The Balaban J connectivity index is 2.40. The number of aliphatic imine (C=N–C) groups is 1. The molecule has 24 heavy (non-hydrogen) atoms. The van der Waals surface area contributed by atoms with Gasteiger partial charge in [0.15, 0.2) is 5.96 Å². The molecule has 5 nitrogen and oxygen atoms in total. The van der Waals surface area contributed by atoms with Crippen LogP contribution in [0.5, 0.6) is 0 Å². The first-order chi connectivity index (χ1) is 11.2. The molecule has 0 aliphatic heterocycles. The SMILES string of the molecule is CCNC(=NCCNC(=O)C(C)C)NC1CCC(C(F)(F)F)CC1. The second-order valence-corrected chi connectivity index (χ2v) is 6.44. The van der Waals surface area contributed by atoms with Crippen molar-refractivity contribution < 1.29 is 18.0 Å². The van der Waals surface area contributed by atoms with Gasteiger partial charge in [-0.05, 0) is 32.6 Å². The summed E-state index contributed by atoms with van der Waals surface area (Å²) >= 11 is 0. The zero-order valence-electron chi connectivity index (χ0n) is 14.7. The van der Waals surface area contributed by atoms with Crippen molar-refractivity contribution in [3.05, 3.63) is 0 Å². The zero-order chi connectivity index (χ0) is 18.2. The average molecular weight is 350 g/mol. The minimum absolute atomic E-state index is 0.00616. The number of nitrogens with zero attached hydrogens (tertiary/aromatic N) is 1. The smallest absolute Gasteiger partial charge is 0.357 e. The van der Waals surface area contributed by atoms with Crippen LogP contribution in [0.4, 0.5) is 13.2 Å². The van der Waals surface area contributed by atoms with Crippen molar-refractivity contribution in [1.29, 1.82) is 0 Å². The van der Waals surface area contributed by atoms with Gasteiger partial charge in [-0.2, -0.15) is 13.2 Å². The lowest BCUT2D eigenvalue weighted by Crippen LogP contribution is -2.46. The van der Waals surface area contributed by atoms with Gasteiger partial charge in [0, 0.05) is 25.0 Å². The van der Waals surface area contributed by atoms with E-state index in [0.29, 0.717) is 38.4 Å². The third-order valence-electron chi connectivity index (χ3n) is 4.08. The number of carbonyl (C=O) groups excluding carboxylic acids is 1. The summed E-state index contributed by atoms with van der Waals surface area (Å²) in [7, 11) is 0. The first-order valence-electron chi connectivity index (χ1n) is 8.63. The minimum Gasteiger partial charge on any atom is -0.357 e. The third-order valence-corrected chi connectivity index (χ3v) is 4.08. The van der Waals surface area contributed by atoms with Gasteiger partial charge >= 0.3 is 6.18 Å². The van der Waals surface area contributed by atoms with Gasteiger partial charge in [-0.3, -0.25) is 9.79 Å². The molecule has 1 aliphatic rings. The van der Waals surface area contributed by atoms with E-state index >= 15 is 0 Å². The third kappa shape index (κ3) is 7.40. The molecule has 0 heterocycles. The fourth-order valence-electron chi connectivity index (χ4n) is 2.63. The molecule has 0 bridgehead atoms. The normalized spacial score (nSPS) is 22.4. The van der Waals surface area contributed by atoms with Gasteiger partial charge in [-0.25, -0.2) is 0 Å². The van der Waals surface area contributed by atoms with Gasteiger partial charge in [-0.1, -0.05) is 13.8 Å². The van der Waals surface area contributed by atoms with E-state index in [0.717, 1.165) is 0 Å². The Hall–Kier alpha value is -1.47. The van der Waals surface area contributed by atoms with Gasteiger partial charge in [0.25, 0.3) is 0 Å². The lowest BCUT2D eigenvalue weighted by Gasteiger charge is -2.31.